The first-order chi connectivity index (χ1) is 3.85. The van der Waals surface area contributed by atoms with Crippen LogP contribution in [0.5, 0.6) is 0 Å². The molecule has 0 N–H and O–H groups in total. The number of likely N-dealkylation sites (N-methyl/N-ethyl adjacent to an activating group) is 1. The zero-order valence-corrected chi connectivity index (χ0v) is 7.70. The van der Waals surface area contributed by atoms with E-state index in [0.717, 1.165) is 0 Å². The molecule has 0 aromatic carbocycles. The molecule has 0 fully saturated rings. The highest BCUT2D eigenvalue weighted by molar-refractivity contribution is 5.86. The van der Waals surface area contributed by atoms with E-state index in [1.165, 1.54) is 0 Å². The van der Waals surface area contributed by atoms with Gasteiger partial charge in [-0.2, -0.15) is 0 Å². The Morgan fingerprint density at radius 1 is 1.30 bits per heavy atom. The molecule has 0 bridgehead atoms. The summed E-state index contributed by atoms with van der Waals surface area (Å²) in [6, 6.07) is 0. The van der Waals surface area contributed by atoms with Gasteiger partial charge in [0.15, 0.2) is 0 Å². The Morgan fingerprint density at radius 2 is 1.60 bits per heavy atom. The van der Waals surface area contributed by atoms with Crippen molar-refractivity contribution in [3.8, 4) is 0 Å². The maximum Gasteiger partial charge on any atom is 0.340 e. The summed E-state index contributed by atoms with van der Waals surface area (Å²) in [7, 11) is 5.49. The lowest BCUT2D eigenvalue weighted by molar-refractivity contribution is -0.789. The molecule has 0 spiro atoms. The van der Waals surface area contributed by atoms with Crippen molar-refractivity contribution >= 4 is 5.91 Å². The number of hydrogen-bond donors (Lipinski definition) is 0. The van der Waals surface area contributed by atoms with Crippen molar-refractivity contribution in [3.05, 3.63) is 12.2 Å². The van der Waals surface area contributed by atoms with E-state index in [1.54, 1.807) is 6.92 Å². The van der Waals surface area contributed by atoms with Crippen LogP contribution >= 0.6 is 0 Å². The summed E-state index contributed by atoms with van der Waals surface area (Å²) in [5, 5.41) is 0. The number of carbonyl (C=O) groups excluding carboxylic acids is 1. The second-order valence-corrected chi connectivity index (χ2v) is 3.10. The molecular weight excluding hydrogens is 150 g/mol. The molecule has 0 aliphatic carbocycles. The van der Waals surface area contributed by atoms with Gasteiger partial charge >= 0.3 is 5.91 Å². The van der Waals surface area contributed by atoms with Crippen LogP contribution in [0.25, 0.3) is 0 Å². The predicted molar refractivity (Wildman–Crippen MR) is 37.9 cm³/mol. The minimum absolute atomic E-state index is 0. The SMILES string of the molecule is C=C(C)C(=O)[N+](C)(C)C.[Cl-]. The summed E-state index contributed by atoms with van der Waals surface area (Å²) in [5.74, 6) is 0.0787. The van der Waals surface area contributed by atoms with E-state index in [9.17, 15) is 4.79 Å². The van der Waals surface area contributed by atoms with E-state index in [0.29, 0.717) is 10.1 Å². The first-order valence-corrected chi connectivity index (χ1v) is 2.87. The highest BCUT2D eigenvalue weighted by Gasteiger charge is 2.19. The van der Waals surface area contributed by atoms with Gasteiger partial charge in [0.25, 0.3) is 0 Å². The number of halogens is 1. The fourth-order valence-corrected chi connectivity index (χ4v) is 0.573. The molecular formula is C7H14ClNO. The van der Waals surface area contributed by atoms with Crippen LogP contribution in [0.2, 0.25) is 0 Å². The number of nitrogens with zero attached hydrogens (tertiary/aromatic N) is 1. The highest BCUT2D eigenvalue weighted by Crippen LogP contribution is 1.99. The zero-order chi connectivity index (χ0) is 7.65. The Hall–Kier alpha value is -0.340. The Morgan fingerprint density at radius 3 is 1.60 bits per heavy atom. The number of amides is 1. The van der Waals surface area contributed by atoms with Crippen molar-refractivity contribution in [1.82, 2.24) is 0 Å². The Kier molecular flexibility index (Phi) is 4.61. The molecule has 0 saturated carbocycles. The summed E-state index contributed by atoms with van der Waals surface area (Å²) < 4.78 is 0.329. The van der Waals surface area contributed by atoms with Gasteiger partial charge < -0.3 is 12.4 Å². The lowest BCUT2D eigenvalue weighted by atomic mass is 10.3. The van der Waals surface area contributed by atoms with Crippen molar-refractivity contribution in [2.75, 3.05) is 21.1 Å². The number of rotatable bonds is 1. The molecule has 0 radical (unpaired) electrons. The molecule has 2 nitrogen and oxygen atoms in total. The molecule has 0 atom stereocenters. The lowest BCUT2D eigenvalue weighted by Gasteiger charge is -2.19. The van der Waals surface area contributed by atoms with Gasteiger partial charge in [0, 0.05) is 5.57 Å². The topological polar surface area (TPSA) is 17.1 Å². The van der Waals surface area contributed by atoms with Crippen LogP contribution in [0.3, 0.4) is 0 Å². The number of carbonyl (C=O) groups is 1. The van der Waals surface area contributed by atoms with Crippen molar-refractivity contribution in [2.24, 2.45) is 0 Å². The standard InChI is InChI=1S/C7H14NO.ClH/c1-6(2)7(9)8(3,4)5;/h1H2,2-5H3;1H/q+1;/p-1. The highest BCUT2D eigenvalue weighted by atomic mass is 35.5. The van der Waals surface area contributed by atoms with Crippen molar-refractivity contribution in [1.29, 1.82) is 0 Å². The van der Waals surface area contributed by atoms with Gasteiger partial charge in [-0.25, -0.2) is 4.79 Å². The molecule has 10 heavy (non-hydrogen) atoms. The van der Waals surface area contributed by atoms with Crippen LogP contribution in [-0.2, 0) is 4.79 Å². The summed E-state index contributed by atoms with van der Waals surface area (Å²) in [6.07, 6.45) is 0. The van der Waals surface area contributed by atoms with Crippen molar-refractivity contribution in [3.63, 3.8) is 0 Å². The first-order valence-electron chi connectivity index (χ1n) is 2.87. The molecule has 0 aromatic rings. The summed E-state index contributed by atoms with van der Waals surface area (Å²) in [5.41, 5.74) is 0.613. The van der Waals surface area contributed by atoms with E-state index in [2.05, 4.69) is 6.58 Å². The van der Waals surface area contributed by atoms with Crippen LogP contribution < -0.4 is 12.4 Å². The van der Waals surface area contributed by atoms with Gasteiger partial charge in [0.05, 0.1) is 21.1 Å². The normalized spacial score (nSPS) is 10.0. The minimum Gasteiger partial charge on any atom is -1.00 e. The summed E-state index contributed by atoms with van der Waals surface area (Å²) >= 11 is 0. The molecule has 0 rings (SSSR count). The fourth-order valence-electron chi connectivity index (χ4n) is 0.573. The molecule has 0 unspecified atom stereocenters. The average Bonchev–Trinajstić information content (AvgIpc) is 1.62. The Balaban J connectivity index is 0. The van der Waals surface area contributed by atoms with E-state index in [-0.39, 0.29) is 18.3 Å². The van der Waals surface area contributed by atoms with Crippen LogP contribution in [0.15, 0.2) is 12.2 Å². The summed E-state index contributed by atoms with van der Waals surface area (Å²) in [4.78, 5) is 11.0. The molecule has 0 aliphatic rings. The van der Waals surface area contributed by atoms with Gasteiger partial charge in [-0.3, -0.25) is 4.48 Å². The maximum atomic E-state index is 11.0. The minimum atomic E-state index is 0. The Bertz CT molecular complexity index is 146. The number of quaternary nitrogens is 1. The molecule has 1 amide bonds. The maximum absolute atomic E-state index is 11.0. The third-order valence-electron chi connectivity index (χ3n) is 0.974. The first kappa shape index (κ1) is 12.3. The third-order valence-corrected chi connectivity index (χ3v) is 0.974. The summed E-state index contributed by atoms with van der Waals surface area (Å²) in [6.45, 7) is 5.28. The molecule has 0 heterocycles. The second kappa shape index (κ2) is 3.74. The van der Waals surface area contributed by atoms with Gasteiger partial charge in [0.2, 0.25) is 0 Å². The van der Waals surface area contributed by atoms with Gasteiger partial charge in [-0.05, 0) is 6.92 Å². The average molecular weight is 164 g/mol. The quantitative estimate of drug-likeness (QED) is 0.317. The van der Waals surface area contributed by atoms with Crippen LogP contribution in [0.4, 0.5) is 0 Å². The molecule has 0 aromatic heterocycles. The molecule has 60 valence electrons. The predicted octanol–water partition coefficient (Wildman–Crippen LogP) is -2.20. The van der Waals surface area contributed by atoms with Crippen molar-refractivity contribution in [2.45, 2.75) is 6.92 Å². The van der Waals surface area contributed by atoms with E-state index in [4.69, 9.17) is 0 Å². The van der Waals surface area contributed by atoms with Crippen LogP contribution in [-0.4, -0.2) is 31.5 Å². The zero-order valence-electron chi connectivity index (χ0n) is 6.94. The van der Waals surface area contributed by atoms with E-state index >= 15 is 0 Å². The molecule has 0 saturated heterocycles. The third kappa shape index (κ3) is 3.64. The van der Waals surface area contributed by atoms with Crippen molar-refractivity contribution < 1.29 is 21.7 Å². The molecule has 0 aliphatic heterocycles. The van der Waals surface area contributed by atoms with Gasteiger partial charge in [-0.1, -0.05) is 6.58 Å². The fraction of sp³-hybridized carbons (Fsp3) is 0.571. The molecule has 3 heteroatoms. The van der Waals surface area contributed by atoms with E-state index in [1.807, 2.05) is 21.1 Å². The monoisotopic (exact) mass is 163 g/mol. The second-order valence-electron chi connectivity index (χ2n) is 3.10. The number of hydrogen-bond acceptors (Lipinski definition) is 1. The van der Waals surface area contributed by atoms with Crippen LogP contribution in [0.1, 0.15) is 6.92 Å². The largest absolute Gasteiger partial charge is 1.00 e. The Labute approximate surface area is 68.5 Å². The van der Waals surface area contributed by atoms with E-state index < -0.39 is 0 Å². The van der Waals surface area contributed by atoms with Crippen LogP contribution in [0, 0.1) is 0 Å². The van der Waals surface area contributed by atoms with Gasteiger partial charge in [-0.15, -0.1) is 0 Å². The smallest absolute Gasteiger partial charge is 0.340 e. The van der Waals surface area contributed by atoms with Gasteiger partial charge in [0.1, 0.15) is 0 Å². The lowest BCUT2D eigenvalue weighted by Crippen LogP contribution is -3.00.